The lowest BCUT2D eigenvalue weighted by atomic mass is 9.95. The fourth-order valence-corrected chi connectivity index (χ4v) is 3.11. The molecule has 1 atom stereocenters. The van der Waals surface area contributed by atoms with Gasteiger partial charge in [-0.3, -0.25) is 14.9 Å². The van der Waals surface area contributed by atoms with Crippen molar-refractivity contribution < 1.29 is 19.2 Å². The summed E-state index contributed by atoms with van der Waals surface area (Å²) in [5, 5.41) is 14.0. The fourth-order valence-electron chi connectivity index (χ4n) is 3.11. The maximum absolute atomic E-state index is 12.7. The number of amides is 1. The number of rotatable bonds is 5. The molecule has 0 aromatic heterocycles. The number of nitro benzene ring substituents is 1. The Hall–Kier alpha value is -3.09. The average molecular weight is 370 g/mol. The molecule has 1 aliphatic heterocycles. The second-order valence-corrected chi connectivity index (χ2v) is 6.86. The van der Waals surface area contributed by atoms with Crippen molar-refractivity contribution >= 4 is 11.6 Å². The molecule has 1 N–H and O–H groups in total. The molecule has 7 heteroatoms. The van der Waals surface area contributed by atoms with Crippen molar-refractivity contribution in [2.75, 3.05) is 13.2 Å². The van der Waals surface area contributed by atoms with Crippen LogP contribution in [0.1, 0.15) is 41.4 Å². The zero-order chi connectivity index (χ0) is 19.6. The highest BCUT2D eigenvalue weighted by atomic mass is 16.6. The van der Waals surface area contributed by atoms with Gasteiger partial charge in [-0.05, 0) is 42.7 Å². The van der Waals surface area contributed by atoms with Crippen molar-refractivity contribution in [3.63, 3.8) is 0 Å². The van der Waals surface area contributed by atoms with E-state index >= 15 is 0 Å². The number of nitro groups is 1. The number of benzene rings is 2. The second-order valence-electron chi connectivity index (χ2n) is 6.86. The smallest absolute Gasteiger partial charge is 0.272 e. The zero-order valence-electron chi connectivity index (χ0n) is 15.5. The van der Waals surface area contributed by atoms with Crippen molar-refractivity contribution in [1.29, 1.82) is 0 Å². The third-order valence-electron chi connectivity index (χ3n) is 4.53. The highest BCUT2D eigenvalue weighted by Gasteiger charge is 2.23. The molecule has 0 saturated carbocycles. The largest absolute Gasteiger partial charge is 0.486 e. The van der Waals surface area contributed by atoms with Crippen LogP contribution in [-0.2, 0) is 0 Å². The van der Waals surface area contributed by atoms with Crippen LogP contribution in [0.4, 0.5) is 5.69 Å². The molecule has 1 amide bonds. The summed E-state index contributed by atoms with van der Waals surface area (Å²) in [6.07, 6.45) is 0. The molecule has 27 heavy (non-hydrogen) atoms. The first kappa shape index (κ1) is 18.7. The van der Waals surface area contributed by atoms with Crippen LogP contribution in [0.5, 0.6) is 11.5 Å². The van der Waals surface area contributed by atoms with Gasteiger partial charge in [0.15, 0.2) is 11.5 Å². The molecular weight excluding hydrogens is 348 g/mol. The summed E-state index contributed by atoms with van der Waals surface area (Å²) in [6, 6.07) is 9.79. The molecule has 0 saturated heterocycles. The third kappa shape index (κ3) is 4.02. The van der Waals surface area contributed by atoms with E-state index in [9.17, 15) is 14.9 Å². The van der Waals surface area contributed by atoms with Crippen LogP contribution < -0.4 is 14.8 Å². The summed E-state index contributed by atoms with van der Waals surface area (Å²) >= 11 is 0. The molecule has 0 bridgehead atoms. The molecule has 1 heterocycles. The Balaban J connectivity index is 1.83. The minimum atomic E-state index is -0.455. The monoisotopic (exact) mass is 370 g/mol. The molecular formula is C20H22N2O5. The Morgan fingerprint density at radius 3 is 2.44 bits per heavy atom. The highest BCUT2D eigenvalue weighted by molar-refractivity contribution is 5.95. The molecule has 2 aromatic rings. The van der Waals surface area contributed by atoms with Crippen LogP contribution in [0.15, 0.2) is 36.4 Å². The molecule has 0 unspecified atom stereocenters. The van der Waals surface area contributed by atoms with Gasteiger partial charge in [-0.1, -0.05) is 19.9 Å². The lowest BCUT2D eigenvalue weighted by Gasteiger charge is -2.25. The van der Waals surface area contributed by atoms with Gasteiger partial charge in [0, 0.05) is 17.2 Å². The maximum atomic E-state index is 12.7. The van der Waals surface area contributed by atoms with E-state index in [2.05, 4.69) is 5.32 Å². The quantitative estimate of drug-likeness (QED) is 0.638. The molecule has 3 rings (SSSR count). The van der Waals surface area contributed by atoms with Gasteiger partial charge in [-0.25, -0.2) is 0 Å². The molecule has 7 nitrogen and oxygen atoms in total. The first-order valence-corrected chi connectivity index (χ1v) is 8.82. The number of fused-ring (bicyclic) bond motifs is 1. The van der Waals surface area contributed by atoms with E-state index in [1.165, 1.54) is 18.2 Å². The summed E-state index contributed by atoms with van der Waals surface area (Å²) in [5.41, 5.74) is 1.76. The molecule has 0 spiro atoms. The molecule has 142 valence electrons. The topological polar surface area (TPSA) is 90.7 Å². The number of ether oxygens (including phenoxy) is 2. The predicted molar refractivity (Wildman–Crippen MR) is 100 cm³/mol. The molecule has 0 aliphatic carbocycles. The summed E-state index contributed by atoms with van der Waals surface area (Å²) in [6.45, 7) is 6.68. The van der Waals surface area contributed by atoms with E-state index in [0.29, 0.717) is 35.8 Å². The summed E-state index contributed by atoms with van der Waals surface area (Å²) in [4.78, 5) is 23.2. The van der Waals surface area contributed by atoms with Crippen LogP contribution in [0, 0.1) is 23.0 Å². The Morgan fingerprint density at radius 2 is 1.81 bits per heavy atom. The Morgan fingerprint density at radius 1 is 1.11 bits per heavy atom. The second kappa shape index (κ2) is 7.65. The molecule has 0 radical (unpaired) electrons. The van der Waals surface area contributed by atoms with Gasteiger partial charge >= 0.3 is 0 Å². The van der Waals surface area contributed by atoms with Crippen LogP contribution in [0.3, 0.4) is 0 Å². The lowest BCUT2D eigenvalue weighted by molar-refractivity contribution is -0.385. The van der Waals surface area contributed by atoms with Gasteiger partial charge in [0.05, 0.1) is 11.0 Å². The maximum Gasteiger partial charge on any atom is 0.272 e. The minimum absolute atomic E-state index is 0.00112. The summed E-state index contributed by atoms with van der Waals surface area (Å²) in [5.74, 6) is 1.23. The average Bonchev–Trinajstić information content (AvgIpc) is 2.64. The number of nitrogens with one attached hydrogen (secondary N) is 1. The van der Waals surface area contributed by atoms with E-state index in [0.717, 1.165) is 5.56 Å². The van der Waals surface area contributed by atoms with Crippen LogP contribution in [0.25, 0.3) is 0 Å². The first-order valence-electron chi connectivity index (χ1n) is 8.82. The normalized spacial score (nSPS) is 13.9. The number of aryl methyl sites for hydroxylation is 1. The van der Waals surface area contributed by atoms with Crippen molar-refractivity contribution in [2.24, 2.45) is 5.92 Å². The van der Waals surface area contributed by atoms with Crippen molar-refractivity contribution in [3.05, 3.63) is 63.2 Å². The molecule has 1 aliphatic rings. The Kier molecular flexibility index (Phi) is 5.30. The standard InChI is InChI=1S/C20H22N2O5/c1-12(2)19(14-5-7-17-18(11-14)27-9-8-26-17)21-20(23)15-4-6-16(22(24)25)13(3)10-15/h4-7,10-12,19H,8-9H2,1-3H3,(H,21,23)/t19-/m1/s1. The first-order chi connectivity index (χ1) is 12.9. The summed E-state index contributed by atoms with van der Waals surface area (Å²) in [7, 11) is 0. The van der Waals surface area contributed by atoms with Crippen molar-refractivity contribution in [1.82, 2.24) is 5.32 Å². The number of carbonyl (C=O) groups is 1. The van der Waals surface area contributed by atoms with Crippen LogP contribution in [-0.4, -0.2) is 24.0 Å². The fraction of sp³-hybridized carbons (Fsp3) is 0.350. The van der Waals surface area contributed by atoms with E-state index in [1.807, 2.05) is 32.0 Å². The zero-order valence-corrected chi connectivity index (χ0v) is 15.5. The van der Waals surface area contributed by atoms with Crippen LogP contribution in [0.2, 0.25) is 0 Å². The van der Waals surface area contributed by atoms with E-state index in [-0.39, 0.29) is 23.6 Å². The van der Waals surface area contributed by atoms with Crippen molar-refractivity contribution in [3.8, 4) is 11.5 Å². The van der Waals surface area contributed by atoms with Gasteiger partial charge in [-0.15, -0.1) is 0 Å². The van der Waals surface area contributed by atoms with E-state index in [4.69, 9.17) is 9.47 Å². The summed E-state index contributed by atoms with van der Waals surface area (Å²) < 4.78 is 11.2. The number of nitrogens with zero attached hydrogens (tertiary/aromatic N) is 1. The minimum Gasteiger partial charge on any atom is -0.486 e. The van der Waals surface area contributed by atoms with Gasteiger partial charge in [-0.2, -0.15) is 0 Å². The number of carbonyl (C=O) groups excluding carboxylic acids is 1. The van der Waals surface area contributed by atoms with Gasteiger partial charge < -0.3 is 14.8 Å². The van der Waals surface area contributed by atoms with Gasteiger partial charge in [0.25, 0.3) is 11.6 Å². The molecule has 0 fully saturated rings. The highest BCUT2D eigenvalue weighted by Crippen LogP contribution is 2.34. The number of hydrogen-bond acceptors (Lipinski definition) is 5. The number of hydrogen-bond donors (Lipinski definition) is 1. The lowest BCUT2D eigenvalue weighted by Crippen LogP contribution is -2.32. The third-order valence-corrected chi connectivity index (χ3v) is 4.53. The Bertz CT molecular complexity index is 879. The van der Waals surface area contributed by atoms with Gasteiger partial charge in [0.2, 0.25) is 0 Å². The Labute approximate surface area is 157 Å². The van der Waals surface area contributed by atoms with Crippen molar-refractivity contribution in [2.45, 2.75) is 26.8 Å². The van der Waals surface area contributed by atoms with Crippen LogP contribution >= 0.6 is 0 Å². The van der Waals surface area contributed by atoms with E-state index < -0.39 is 4.92 Å². The SMILES string of the molecule is Cc1cc(C(=O)N[C@@H](c2ccc3c(c2)OCCO3)C(C)C)ccc1[N+](=O)[O-]. The molecule has 2 aromatic carbocycles. The van der Waals surface area contributed by atoms with Gasteiger partial charge in [0.1, 0.15) is 13.2 Å². The predicted octanol–water partition coefficient (Wildman–Crippen LogP) is 3.80. The van der Waals surface area contributed by atoms with E-state index in [1.54, 1.807) is 6.92 Å².